The van der Waals surface area contributed by atoms with Gasteiger partial charge in [0.15, 0.2) is 0 Å². The summed E-state index contributed by atoms with van der Waals surface area (Å²) >= 11 is 0. The maximum absolute atomic E-state index is 11.9. The number of esters is 1. The SMILES string of the molecule is COc1c(C)c2c(c(C)c1CCC(C)C)C(=O)OC2. The number of rotatable bonds is 4. The van der Waals surface area contributed by atoms with Crippen LogP contribution >= 0.6 is 0 Å². The Labute approximate surface area is 114 Å². The maximum atomic E-state index is 11.9. The number of methoxy groups -OCH3 is 1. The molecule has 3 heteroatoms. The smallest absolute Gasteiger partial charge is 0.339 e. The van der Waals surface area contributed by atoms with E-state index in [1.165, 1.54) is 0 Å². The number of carbonyl (C=O) groups is 1. The minimum atomic E-state index is -0.191. The molecule has 0 aliphatic carbocycles. The van der Waals surface area contributed by atoms with E-state index in [-0.39, 0.29) is 5.97 Å². The second-order valence-electron chi connectivity index (χ2n) is 5.62. The maximum Gasteiger partial charge on any atom is 0.339 e. The lowest BCUT2D eigenvalue weighted by Crippen LogP contribution is -2.07. The van der Waals surface area contributed by atoms with Gasteiger partial charge in [-0.25, -0.2) is 4.79 Å². The first kappa shape index (κ1) is 13.9. The van der Waals surface area contributed by atoms with Gasteiger partial charge in [-0.2, -0.15) is 0 Å². The number of carbonyl (C=O) groups excluding carboxylic acids is 1. The fourth-order valence-electron chi connectivity index (χ4n) is 2.78. The minimum absolute atomic E-state index is 0.191. The van der Waals surface area contributed by atoms with Crippen molar-refractivity contribution in [2.45, 2.75) is 47.1 Å². The molecule has 0 unspecified atom stereocenters. The van der Waals surface area contributed by atoms with Crippen LogP contribution in [-0.2, 0) is 17.8 Å². The standard InChI is InChI=1S/C16H22O3/c1-9(2)6-7-12-10(3)14-13(8-19-16(14)17)11(4)15(12)18-5/h9H,6-8H2,1-5H3. The van der Waals surface area contributed by atoms with E-state index in [9.17, 15) is 4.79 Å². The molecule has 19 heavy (non-hydrogen) atoms. The second kappa shape index (κ2) is 5.24. The molecule has 1 aliphatic heterocycles. The van der Waals surface area contributed by atoms with Crippen LogP contribution in [0.15, 0.2) is 0 Å². The molecule has 0 bridgehead atoms. The van der Waals surface area contributed by atoms with Gasteiger partial charge >= 0.3 is 5.97 Å². The highest BCUT2D eigenvalue weighted by Crippen LogP contribution is 2.38. The van der Waals surface area contributed by atoms with Gasteiger partial charge < -0.3 is 9.47 Å². The van der Waals surface area contributed by atoms with Gasteiger partial charge in [-0.3, -0.25) is 0 Å². The molecule has 0 amide bonds. The van der Waals surface area contributed by atoms with E-state index in [2.05, 4.69) is 13.8 Å². The molecule has 3 nitrogen and oxygen atoms in total. The summed E-state index contributed by atoms with van der Waals surface area (Å²) in [4.78, 5) is 11.9. The molecule has 104 valence electrons. The van der Waals surface area contributed by atoms with Crippen molar-refractivity contribution in [2.24, 2.45) is 5.92 Å². The minimum Gasteiger partial charge on any atom is -0.496 e. The van der Waals surface area contributed by atoms with Crippen LogP contribution < -0.4 is 4.74 Å². The van der Waals surface area contributed by atoms with E-state index >= 15 is 0 Å². The summed E-state index contributed by atoms with van der Waals surface area (Å²) in [5.41, 5.74) is 4.99. The summed E-state index contributed by atoms with van der Waals surface area (Å²) < 4.78 is 10.8. The average molecular weight is 262 g/mol. The molecule has 2 rings (SSSR count). The predicted molar refractivity (Wildman–Crippen MR) is 74.7 cm³/mol. The Morgan fingerprint density at radius 1 is 1.26 bits per heavy atom. The van der Waals surface area contributed by atoms with Crippen molar-refractivity contribution in [3.63, 3.8) is 0 Å². The molecule has 0 radical (unpaired) electrons. The molecule has 0 aromatic heterocycles. The summed E-state index contributed by atoms with van der Waals surface area (Å²) in [5.74, 6) is 1.36. The number of benzene rings is 1. The lowest BCUT2D eigenvalue weighted by Gasteiger charge is -2.18. The molecule has 0 fully saturated rings. The summed E-state index contributed by atoms with van der Waals surface area (Å²) in [6.07, 6.45) is 2.03. The van der Waals surface area contributed by atoms with Crippen molar-refractivity contribution >= 4 is 5.97 Å². The topological polar surface area (TPSA) is 35.5 Å². The predicted octanol–water partition coefficient (Wildman–Crippen LogP) is 3.57. The van der Waals surface area contributed by atoms with Crippen LogP contribution in [0.1, 0.15) is 52.9 Å². The number of fused-ring (bicyclic) bond motifs is 1. The number of ether oxygens (including phenoxy) is 2. The van der Waals surface area contributed by atoms with Gasteiger partial charge in [0.2, 0.25) is 0 Å². The van der Waals surface area contributed by atoms with Crippen molar-refractivity contribution in [2.75, 3.05) is 7.11 Å². The highest BCUT2D eigenvalue weighted by atomic mass is 16.5. The van der Waals surface area contributed by atoms with Gasteiger partial charge in [0.05, 0.1) is 12.7 Å². The zero-order chi connectivity index (χ0) is 14.2. The third-order valence-corrected chi connectivity index (χ3v) is 3.92. The molecular weight excluding hydrogens is 240 g/mol. The molecule has 0 saturated carbocycles. The van der Waals surface area contributed by atoms with Crippen molar-refractivity contribution in [1.82, 2.24) is 0 Å². The first-order valence-corrected chi connectivity index (χ1v) is 6.83. The Morgan fingerprint density at radius 3 is 2.53 bits per heavy atom. The fraction of sp³-hybridized carbons (Fsp3) is 0.562. The van der Waals surface area contributed by atoms with E-state index in [0.29, 0.717) is 12.5 Å². The summed E-state index contributed by atoms with van der Waals surface area (Å²) in [6.45, 7) is 8.80. The van der Waals surface area contributed by atoms with Crippen LogP contribution in [0.4, 0.5) is 0 Å². The average Bonchev–Trinajstić information content (AvgIpc) is 2.74. The molecule has 1 aromatic carbocycles. The zero-order valence-corrected chi connectivity index (χ0v) is 12.4. The van der Waals surface area contributed by atoms with E-state index in [1.807, 2.05) is 13.8 Å². The normalized spacial score (nSPS) is 13.7. The van der Waals surface area contributed by atoms with Gasteiger partial charge in [-0.15, -0.1) is 0 Å². The fourth-order valence-corrected chi connectivity index (χ4v) is 2.78. The Morgan fingerprint density at radius 2 is 1.95 bits per heavy atom. The lowest BCUT2D eigenvalue weighted by atomic mass is 9.89. The Bertz CT molecular complexity index is 515. The van der Waals surface area contributed by atoms with Gasteiger partial charge in [-0.1, -0.05) is 13.8 Å². The lowest BCUT2D eigenvalue weighted by molar-refractivity contribution is 0.0534. The largest absolute Gasteiger partial charge is 0.496 e. The first-order valence-electron chi connectivity index (χ1n) is 6.83. The highest BCUT2D eigenvalue weighted by Gasteiger charge is 2.29. The van der Waals surface area contributed by atoms with Crippen LogP contribution in [-0.4, -0.2) is 13.1 Å². The van der Waals surface area contributed by atoms with E-state index in [1.54, 1.807) is 7.11 Å². The van der Waals surface area contributed by atoms with E-state index in [0.717, 1.165) is 46.4 Å². The van der Waals surface area contributed by atoms with Crippen LogP contribution in [0.2, 0.25) is 0 Å². The Hall–Kier alpha value is -1.51. The van der Waals surface area contributed by atoms with E-state index in [4.69, 9.17) is 9.47 Å². The van der Waals surface area contributed by atoms with E-state index < -0.39 is 0 Å². The first-order chi connectivity index (χ1) is 8.97. The Kier molecular flexibility index (Phi) is 3.83. The van der Waals surface area contributed by atoms with Gasteiger partial charge in [-0.05, 0) is 49.3 Å². The number of cyclic esters (lactones) is 1. The third-order valence-electron chi connectivity index (χ3n) is 3.92. The number of hydrogen-bond donors (Lipinski definition) is 0. The van der Waals surface area contributed by atoms with Gasteiger partial charge in [0, 0.05) is 5.56 Å². The summed E-state index contributed by atoms with van der Waals surface area (Å²) in [7, 11) is 1.70. The molecule has 1 heterocycles. The second-order valence-corrected chi connectivity index (χ2v) is 5.62. The highest BCUT2D eigenvalue weighted by molar-refractivity contribution is 5.96. The zero-order valence-electron chi connectivity index (χ0n) is 12.4. The van der Waals surface area contributed by atoms with Crippen LogP contribution in [0, 0.1) is 19.8 Å². The molecule has 0 N–H and O–H groups in total. The third kappa shape index (κ3) is 2.34. The molecule has 0 saturated heterocycles. The molecular formula is C16H22O3. The van der Waals surface area contributed by atoms with Crippen molar-refractivity contribution in [3.05, 3.63) is 27.8 Å². The monoisotopic (exact) mass is 262 g/mol. The summed E-state index contributed by atoms with van der Waals surface area (Å²) in [5, 5.41) is 0. The van der Waals surface area contributed by atoms with Gasteiger partial charge in [0.25, 0.3) is 0 Å². The molecule has 1 aliphatic rings. The van der Waals surface area contributed by atoms with Crippen LogP contribution in [0.25, 0.3) is 0 Å². The van der Waals surface area contributed by atoms with Crippen LogP contribution in [0.3, 0.4) is 0 Å². The molecule has 0 atom stereocenters. The van der Waals surface area contributed by atoms with Gasteiger partial charge in [0.1, 0.15) is 12.4 Å². The number of hydrogen-bond acceptors (Lipinski definition) is 3. The van der Waals surface area contributed by atoms with Crippen molar-refractivity contribution < 1.29 is 14.3 Å². The quantitative estimate of drug-likeness (QED) is 0.778. The van der Waals surface area contributed by atoms with Crippen molar-refractivity contribution in [1.29, 1.82) is 0 Å². The van der Waals surface area contributed by atoms with Crippen LogP contribution in [0.5, 0.6) is 5.75 Å². The summed E-state index contributed by atoms with van der Waals surface area (Å²) in [6, 6.07) is 0. The Balaban J connectivity index is 2.55. The molecule has 1 aromatic rings. The van der Waals surface area contributed by atoms with Crippen molar-refractivity contribution in [3.8, 4) is 5.75 Å². The molecule has 0 spiro atoms.